The van der Waals surface area contributed by atoms with E-state index < -0.39 is 0 Å². The van der Waals surface area contributed by atoms with Crippen molar-refractivity contribution in [1.82, 2.24) is 24.5 Å². The van der Waals surface area contributed by atoms with Crippen LogP contribution in [0, 0.1) is 13.8 Å². The Hall–Kier alpha value is -2.82. The zero-order valence-electron chi connectivity index (χ0n) is 14.1. The highest BCUT2D eigenvalue weighted by atomic mass is 15.1. The van der Waals surface area contributed by atoms with Gasteiger partial charge in [-0.2, -0.15) is 0 Å². The van der Waals surface area contributed by atoms with Crippen molar-refractivity contribution in [2.24, 2.45) is 7.05 Å². The van der Waals surface area contributed by atoms with Crippen molar-refractivity contribution in [3.8, 4) is 0 Å². The zero-order valence-corrected chi connectivity index (χ0v) is 14.1. The summed E-state index contributed by atoms with van der Waals surface area (Å²) in [6.07, 6.45) is 5.31. The average Bonchev–Trinajstić information content (AvgIpc) is 2.92. The smallest absolute Gasteiger partial charge is 0.128 e. The Labute approximate surface area is 140 Å². The largest absolute Gasteiger partial charge is 0.331 e. The summed E-state index contributed by atoms with van der Waals surface area (Å²) in [5, 5.41) is 1.10. The van der Waals surface area contributed by atoms with Crippen LogP contribution >= 0.6 is 0 Å². The summed E-state index contributed by atoms with van der Waals surface area (Å²) in [6, 6.07) is 8.18. The van der Waals surface area contributed by atoms with Gasteiger partial charge < -0.3 is 4.57 Å². The number of pyridine rings is 1. The first-order chi connectivity index (χ1) is 11.6. The molecule has 0 aliphatic carbocycles. The second-order valence-corrected chi connectivity index (χ2v) is 6.15. The van der Waals surface area contributed by atoms with Gasteiger partial charge in [0.25, 0.3) is 0 Å². The SMILES string of the molecule is Cc1cnc(CCc2nc3c4cccnc4ccc3n2C)nc1C. The molecule has 24 heavy (non-hydrogen) atoms. The molecule has 0 bridgehead atoms. The first-order valence-electron chi connectivity index (χ1n) is 8.11. The average molecular weight is 317 g/mol. The van der Waals surface area contributed by atoms with Crippen molar-refractivity contribution < 1.29 is 0 Å². The highest BCUT2D eigenvalue weighted by Crippen LogP contribution is 2.24. The molecule has 5 heteroatoms. The molecule has 4 rings (SSSR count). The number of nitrogens with zero attached hydrogens (tertiary/aromatic N) is 5. The number of imidazole rings is 1. The topological polar surface area (TPSA) is 56.5 Å². The van der Waals surface area contributed by atoms with Gasteiger partial charge in [-0.15, -0.1) is 0 Å². The minimum absolute atomic E-state index is 0.786. The molecule has 0 aliphatic heterocycles. The van der Waals surface area contributed by atoms with E-state index in [0.29, 0.717) is 0 Å². The minimum Gasteiger partial charge on any atom is -0.331 e. The van der Waals surface area contributed by atoms with Crippen LogP contribution in [0.5, 0.6) is 0 Å². The highest BCUT2D eigenvalue weighted by Gasteiger charge is 2.11. The Morgan fingerprint density at radius 2 is 1.88 bits per heavy atom. The normalized spacial score (nSPS) is 11.5. The molecular weight excluding hydrogens is 298 g/mol. The first kappa shape index (κ1) is 14.8. The summed E-state index contributed by atoms with van der Waals surface area (Å²) >= 11 is 0. The summed E-state index contributed by atoms with van der Waals surface area (Å²) in [5.74, 6) is 1.92. The fraction of sp³-hybridized carbons (Fsp3) is 0.263. The lowest BCUT2D eigenvalue weighted by molar-refractivity contribution is 0.754. The van der Waals surface area contributed by atoms with E-state index in [4.69, 9.17) is 4.98 Å². The fourth-order valence-electron chi connectivity index (χ4n) is 3.00. The molecule has 4 aromatic rings. The summed E-state index contributed by atoms with van der Waals surface area (Å²) in [5.41, 5.74) is 5.29. The number of aryl methyl sites for hydroxylation is 5. The second kappa shape index (κ2) is 5.67. The van der Waals surface area contributed by atoms with Gasteiger partial charge in [0, 0.05) is 43.4 Å². The molecule has 3 heterocycles. The van der Waals surface area contributed by atoms with Crippen molar-refractivity contribution in [3.05, 3.63) is 59.6 Å². The van der Waals surface area contributed by atoms with Crippen LogP contribution in [0.1, 0.15) is 22.9 Å². The minimum atomic E-state index is 0.786. The number of fused-ring (bicyclic) bond motifs is 3. The molecule has 5 nitrogen and oxygen atoms in total. The molecule has 0 fully saturated rings. The van der Waals surface area contributed by atoms with E-state index in [1.165, 1.54) is 0 Å². The van der Waals surface area contributed by atoms with Gasteiger partial charge in [0.15, 0.2) is 0 Å². The molecule has 0 saturated heterocycles. The van der Waals surface area contributed by atoms with E-state index in [9.17, 15) is 0 Å². The van der Waals surface area contributed by atoms with E-state index in [1.807, 2.05) is 32.3 Å². The first-order valence-corrected chi connectivity index (χ1v) is 8.11. The van der Waals surface area contributed by atoms with Gasteiger partial charge in [-0.1, -0.05) is 0 Å². The maximum atomic E-state index is 4.86. The zero-order chi connectivity index (χ0) is 16.7. The summed E-state index contributed by atoms with van der Waals surface area (Å²) < 4.78 is 2.16. The Kier molecular flexibility index (Phi) is 3.49. The van der Waals surface area contributed by atoms with Crippen molar-refractivity contribution in [3.63, 3.8) is 0 Å². The number of hydrogen-bond acceptors (Lipinski definition) is 4. The van der Waals surface area contributed by atoms with Crippen molar-refractivity contribution in [2.45, 2.75) is 26.7 Å². The van der Waals surface area contributed by atoms with Crippen LogP contribution in [0.25, 0.3) is 21.9 Å². The predicted molar refractivity (Wildman–Crippen MR) is 94.9 cm³/mol. The molecule has 3 aromatic heterocycles. The van der Waals surface area contributed by atoms with Gasteiger partial charge in [-0.25, -0.2) is 15.0 Å². The van der Waals surface area contributed by atoms with Crippen LogP contribution in [-0.4, -0.2) is 24.5 Å². The van der Waals surface area contributed by atoms with Crippen LogP contribution in [0.2, 0.25) is 0 Å². The molecule has 120 valence electrons. The number of aromatic nitrogens is 5. The molecular formula is C19H19N5. The maximum Gasteiger partial charge on any atom is 0.128 e. The molecule has 0 spiro atoms. The fourth-order valence-corrected chi connectivity index (χ4v) is 3.00. The molecule has 0 unspecified atom stereocenters. The van der Waals surface area contributed by atoms with E-state index >= 15 is 0 Å². The third kappa shape index (κ3) is 2.42. The van der Waals surface area contributed by atoms with Crippen LogP contribution in [0.4, 0.5) is 0 Å². The molecule has 0 amide bonds. The number of rotatable bonds is 3. The Morgan fingerprint density at radius 3 is 2.71 bits per heavy atom. The summed E-state index contributed by atoms with van der Waals surface area (Å²) in [4.78, 5) is 18.3. The highest BCUT2D eigenvalue weighted by molar-refractivity contribution is 6.02. The lowest BCUT2D eigenvalue weighted by Gasteiger charge is -2.04. The van der Waals surface area contributed by atoms with Crippen molar-refractivity contribution in [1.29, 1.82) is 0 Å². The van der Waals surface area contributed by atoms with Crippen LogP contribution < -0.4 is 0 Å². The van der Waals surface area contributed by atoms with Gasteiger partial charge in [0.1, 0.15) is 11.6 Å². The monoisotopic (exact) mass is 317 g/mol. The summed E-state index contributed by atoms with van der Waals surface area (Å²) in [7, 11) is 2.06. The van der Waals surface area contributed by atoms with Crippen LogP contribution in [-0.2, 0) is 19.9 Å². The third-order valence-corrected chi connectivity index (χ3v) is 4.57. The molecule has 0 atom stereocenters. The Bertz CT molecular complexity index is 1050. The van der Waals surface area contributed by atoms with Crippen LogP contribution in [0.15, 0.2) is 36.7 Å². The second-order valence-electron chi connectivity index (χ2n) is 6.15. The molecule has 0 saturated carbocycles. The quantitative estimate of drug-likeness (QED) is 0.582. The lowest BCUT2D eigenvalue weighted by Crippen LogP contribution is -2.04. The maximum absolute atomic E-state index is 4.86. The van der Waals surface area contributed by atoms with Crippen molar-refractivity contribution in [2.75, 3.05) is 0 Å². The molecule has 1 aromatic carbocycles. The molecule has 0 radical (unpaired) electrons. The van der Waals surface area contributed by atoms with E-state index in [-0.39, 0.29) is 0 Å². The van der Waals surface area contributed by atoms with Gasteiger partial charge >= 0.3 is 0 Å². The van der Waals surface area contributed by atoms with E-state index in [2.05, 4.69) is 44.8 Å². The van der Waals surface area contributed by atoms with Gasteiger partial charge in [-0.05, 0) is 43.7 Å². The van der Waals surface area contributed by atoms with Crippen molar-refractivity contribution >= 4 is 21.9 Å². The van der Waals surface area contributed by atoms with Gasteiger partial charge in [0.2, 0.25) is 0 Å². The third-order valence-electron chi connectivity index (χ3n) is 4.57. The molecule has 0 N–H and O–H groups in total. The Morgan fingerprint density at radius 1 is 1.00 bits per heavy atom. The number of benzene rings is 1. The lowest BCUT2D eigenvalue weighted by atomic mass is 10.2. The predicted octanol–water partition coefficient (Wildman–Crippen LogP) is 3.31. The molecule has 0 aliphatic rings. The van der Waals surface area contributed by atoms with E-state index in [0.717, 1.165) is 57.7 Å². The standard InChI is InChI=1S/C19H19N5/c1-12-11-21-17(22-13(12)2)8-9-18-23-19-14-5-4-10-20-15(14)6-7-16(19)24(18)3/h4-7,10-11H,8-9H2,1-3H3. The van der Waals surface area contributed by atoms with Crippen LogP contribution in [0.3, 0.4) is 0 Å². The van der Waals surface area contributed by atoms with E-state index in [1.54, 1.807) is 0 Å². The van der Waals surface area contributed by atoms with Gasteiger partial charge in [-0.3, -0.25) is 4.98 Å². The number of hydrogen-bond donors (Lipinski definition) is 0. The summed E-state index contributed by atoms with van der Waals surface area (Å²) in [6.45, 7) is 4.05. The Balaban J connectivity index is 1.70. The van der Waals surface area contributed by atoms with Gasteiger partial charge in [0.05, 0.1) is 16.6 Å².